The standard InChI is InChI=1S/C25H19N/c1-18-16-24-22(17-26-18)21-14-8-9-15-23(21)25(24,19-10-4-2-5-11-19)20-12-6-3-7-13-20/h2-17H,1H3. The van der Waals surface area contributed by atoms with Crippen molar-refractivity contribution in [2.45, 2.75) is 12.3 Å². The molecule has 1 aliphatic carbocycles. The van der Waals surface area contributed by atoms with Gasteiger partial charge in [-0.15, -0.1) is 0 Å². The van der Waals surface area contributed by atoms with Gasteiger partial charge < -0.3 is 0 Å². The number of aromatic nitrogens is 1. The molecule has 3 aromatic carbocycles. The normalized spacial score (nSPS) is 13.9. The Labute approximate surface area is 154 Å². The first-order valence-electron chi connectivity index (χ1n) is 9.00. The number of rotatable bonds is 2. The Hall–Kier alpha value is -3.19. The number of benzene rings is 3. The second kappa shape index (κ2) is 5.67. The maximum atomic E-state index is 4.60. The fourth-order valence-electron chi connectivity index (χ4n) is 4.44. The number of hydrogen-bond acceptors (Lipinski definition) is 1. The second-order valence-electron chi connectivity index (χ2n) is 6.90. The number of nitrogens with zero attached hydrogens (tertiary/aromatic N) is 1. The predicted molar refractivity (Wildman–Crippen MR) is 106 cm³/mol. The Morgan fingerprint density at radius 3 is 1.85 bits per heavy atom. The molecule has 26 heavy (non-hydrogen) atoms. The molecule has 1 nitrogen and oxygen atoms in total. The zero-order chi connectivity index (χ0) is 17.6. The smallest absolute Gasteiger partial charge is 0.0714 e. The van der Waals surface area contributed by atoms with E-state index in [9.17, 15) is 0 Å². The molecule has 124 valence electrons. The molecule has 0 spiro atoms. The van der Waals surface area contributed by atoms with Crippen LogP contribution in [-0.4, -0.2) is 4.98 Å². The van der Waals surface area contributed by atoms with Crippen LogP contribution in [0.25, 0.3) is 11.1 Å². The Balaban J connectivity index is 1.99. The van der Waals surface area contributed by atoms with Crippen molar-refractivity contribution >= 4 is 0 Å². The molecule has 0 radical (unpaired) electrons. The molecular weight excluding hydrogens is 314 g/mol. The highest BCUT2D eigenvalue weighted by molar-refractivity contribution is 5.85. The van der Waals surface area contributed by atoms with Crippen molar-refractivity contribution < 1.29 is 0 Å². The average molecular weight is 333 g/mol. The SMILES string of the molecule is Cc1cc2c(cn1)-c1ccccc1C2(c1ccccc1)c1ccccc1. The van der Waals surface area contributed by atoms with Crippen molar-refractivity contribution in [1.82, 2.24) is 4.98 Å². The van der Waals surface area contributed by atoms with Crippen molar-refractivity contribution in [2.75, 3.05) is 0 Å². The van der Waals surface area contributed by atoms with E-state index in [0.717, 1.165) is 5.69 Å². The van der Waals surface area contributed by atoms with Crippen LogP contribution in [0.5, 0.6) is 0 Å². The van der Waals surface area contributed by atoms with Crippen molar-refractivity contribution in [3.8, 4) is 11.1 Å². The van der Waals surface area contributed by atoms with Crippen molar-refractivity contribution in [1.29, 1.82) is 0 Å². The van der Waals surface area contributed by atoms with Gasteiger partial charge in [-0.05, 0) is 40.8 Å². The van der Waals surface area contributed by atoms with Gasteiger partial charge in [-0.3, -0.25) is 4.98 Å². The summed E-state index contributed by atoms with van der Waals surface area (Å²) in [5.41, 5.74) is 8.51. The first-order valence-corrected chi connectivity index (χ1v) is 9.00. The Morgan fingerprint density at radius 2 is 1.19 bits per heavy atom. The summed E-state index contributed by atoms with van der Waals surface area (Å²) >= 11 is 0. The lowest BCUT2D eigenvalue weighted by atomic mass is 9.68. The van der Waals surface area contributed by atoms with Crippen LogP contribution in [0.4, 0.5) is 0 Å². The van der Waals surface area contributed by atoms with E-state index >= 15 is 0 Å². The number of aryl methyl sites for hydroxylation is 1. The molecule has 1 aromatic heterocycles. The summed E-state index contributed by atoms with van der Waals surface area (Å²) in [6.07, 6.45) is 2.04. The van der Waals surface area contributed by atoms with E-state index < -0.39 is 0 Å². The first kappa shape index (κ1) is 15.1. The van der Waals surface area contributed by atoms with Gasteiger partial charge in [0.1, 0.15) is 0 Å². The molecule has 4 aromatic rings. The molecule has 1 heteroatoms. The van der Waals surface area contributed by atoms with Crippen LogP contribution in [0.3, 0.4) is 0 Å². The molecular formula is C25H19N. The zero-order valence-corrected chi connectivity index (χ0v) is 14.7. The Morgan fingerprint density at radius 1 is 0.615 bits per heavy atom. The summed E-state index contributed by atoms with van der Waals surface area (Å²) in [7, 11) is 0. The van der Waals surface area contributed by atoms with E-state index in [1.54, 1.807) is 0 Å². The van der Waals surface area contributed by atoms with Gasteiger partial charge in [-0.1, -0.05) is 84.9 Å². The summed E-state index contributed by atoms with van der Waals surface area (Å²) in [5.74, 6) is 0. The number of pyridine rings is 1. The van der Waals surface area contributed by atoms with Gasteiger partial charge in [0.25, 0.3) is 0 Å². The lowest BCUT2D eigenvalue weighted by Crippen LogP contribution is -2.28. The van der Waals surface area contributed by atoms with Crippen LogP contribution < -0.4 is 0 Å². The highest BCUT2D eigenvalue weighted by atomic mass is 14.7. The Bertz CT molecular complexity index is 1040. The molecule has 0 amide bonds. The van der Waals surface area contributed by atoms with Gasteiger partial charge in [0.15, 0.2) is 0 Å². The third-order valence-electron chi connectivity index (χ3n) is 5.48. The van der Waals surface area contributed by atoms with Crippen LogP contribution >= 0.6 is 0 Å². The van der Waals surface area contributed by atoms with Gasteiger partial charge in [-0.2, -0.15) is 0 Å². The Kier molecular flexibility index (Phi) is 3.29. The predicted octanol–water partition coefficient (Wildman–Crippen LogP) is 5.75. The molecule has 0 saturated heterocycles. The fraction of sp³-hybridized carbons (Fsp3) is 0.0800. The number of hydrogen-bond donors (Lipinski definition) is 0. The molecule has 0 N–H and O–H groups in total. The fourth-order valence-corrected chi connectivity index (χ4v) is 4.44. The molecule has 0 aliphatic heterocycles. The molecule has 5 rings (SSSR count). The zero-order valence-electron chi connectivity index (χ0n) is 14.7. The summed E-state index contributed by atoms with van der Waals surface area (Å²) in [5, 5.41) is 0. The molecule has 0 saturated carbocycles. The van der Waals surface area contributed by atoms with Gasteiger partial charge >= 0.3 is 0 Å². The van der Waals surface area contributed by atoms with Gasteiger partial charge in [0.2, 0.25) is 0 Å². The minimum absolute atomic E-state index is 0.303. The first-order chi connectivity index (χ1) is 12.8. The molecule has 0 bridgehead atoms. The topological polar surface area (TPSA) is 12.9 Å². The van der Waals surface area contributed by atoms with Gasteiger partial charge in [0.05, 0.1) is 5.41 Å². The van der Waals surface area contributed by atoms with Crippen molar-refractivity contribution in [3.63, 3.8) is 0 Å². The van der Waals surface area contributed by atoms with E-state index in [0.29, 0.717) is 0 Å². The van der Waals surface area contributed by atoms with E-state index in [4.69, 9.17) is 0 Å². The third-order valence-corrected chi connectivity index (χ3v) is 5.48. The minimum atomic E-state index is -0.303. The summed E-state index contributed by atoms with van der Waals surface area (Å²) in [6.45, 7) is 2.07. The lowest BCUT2D eigenvalue weighted by molar-refractivity contribution is 0.765. The minimum Gasteiger partial charge on any atom is -0.261 e. The monoisotopic (exact) mass is 333 g/mol. The van der Waals surface area contributed by atoms with Crippen LogP contribution in [-0.2, 0) is 5.41 Å². The second-order valence-corrected chi connectivity index (χ2v) is 6.90. The highest BCUT2D eigenvalue weighted by Gasteiger charge is 2.46. The highest BCUT2D eigenvalue weighted by Crippen LogP contribution is 2.55. The molecule has 1 heterocycles. The lowest BCUT2D eigenvalue weighted by Gasteiger charge is -2.33. The third kappa shape index (κ3) is 1.94. The van der Waals surface area contributed by atoms with E-state index in [-0.39, 0.29) is 5.41 Å². The number of fused-ring (bicyclic) bond motifs is 3. The molecule has 0 unspecified atom stereocenters. The van der Waals surface area contributed by atoms with Crippen LogP contribution in [0.1, 0.15) is 27.9 Å². The van der Waals surface area contributed by atoms with Crippen molar-refractivity contribution in [3.05, 3.63) is 125 Å². The van der Waals surface area contributed by atoms with E-state index in [1.165, 1.54) is 33.4 Å². The van der Waals surface area contributed by atoms with E-state index in [1.807, 2.05) is 6.20 Å². The largest absolute Gasteiger partial charge is 0.261 e. The van der Waals surface area contributed by atoms with Crippen LogP contribution in [0.15, 0.2) is 97.2 Å². The maximum absolute atomic E-state index is 4.60. The summed E-state index contributed by atoms with van der Waals surface area (Å²) < 4.78 is 0. The van der Waals surface area contributed by atoms with Crippen molar-refractivity contribution in [2.24, 2.45) is 0 Å². The summed E-state index contributed by atoms with van der Waals surface area (Å²) in [4.78, 5) is 4.60. The molecule has 0 fully saturated rings. The van der Waals surface area contributed by atoms with Crippen LogP contribution in [0.2, 0.25) is 0 Å². The van der Waals surface area contributed by atoms with Gasteiger partial charge in [-0.25, -0.2) is 0 Å². The molecule has 0 atom stereocenters. The maximum Gasteiger partial charge on any atom is 0.0714 e. The molecule has 1 aliphatic rings. The van der Waals surface area contributed by atoms with E-state index in [2.05, 4.69) is 103 Å². The summed E-state index contributed by atoms with van der Waals surface area (Å²) in [6, 6.07) is 32.7. The average Bonchev–Trinajstić information content (AvgIpc) is 3.00. The van der Waals surface area contributed by atoms with Gasteiger partial charge in [0, 0.05) is 17.5 Å². The van der Waals surface area contributed by atoms with Crippen LogP contribution in [0, 0.1) is 6.92 Å². The quantitative estimate of drug-likeness (QED) is 0.400.